The number of anilines is 1. The van der Waals surface area contributed by atoms with Crippen molar-refractivity contribution >= 4 is 43.1 Å². The summed E-state index contributed by atoms with van der Waals surface area (Å²) < 4.78 is 2.10. The topological polar surface area (TPSA) is 12.0 Å². The van der Waals surface area contributed by atoms with E-state index in [1.165, 1.54) is 5.56 Å². The molecular formula is C15H13Br2N. The Kier molecular flexibility index (Phi) is 4.61. The predicted molar refractivity (Wildman–Crippen MR) is 85.8 cm³/mol. The van der Waals surface area contributed by atoms with E-state index in [-0.39, 0.29) is 0 Å². The highest BCUT2D eigenvalue weighted by Gasteiger charge is 2.02. The monoisotopic (exact) mass is 365 g/mol. The van der Waals surface area contributed by atoms with Crippen LogP contribution in [0.4, 0.5) is 5.69 Å². The van der Waals surface area contributed by atoms with Crippen LogP contribution in [-0.4, -0.2) is 6.54 Å². The maximum atomic E-state index is 4.10. The van der Waals surface area contributed by atoms with Gasteiger partial charge in [0.1, 0.15) is 0 Å². The number of rotatable bonds is 4. The van der Waals surface area contributed by atoms with Gasteiger partial charge < -0.3 is 5.32 Å². The molecule has 0 radical (unpaired) electrons. The average Bonchev–Trinajstić information content (AvgIpc) is 2.38. The summed E-state index contributed by atoms with van der Waals surface area (Å²) >= 11 is 6.97. The van der Waals surface area contributed by atoms with Crippen molar-refractivity contribution in [1.82, 2.24) is 0 Å². The summed E-state index contributed by atoms with van der Waals surface area (Å²) in [6, 6.07) is 16.3. The fraction of sp³-hybridized carbons (Fsp3) is 0.0667. The Bertz CT molecular complexity index is 550. The molecule has 2 rings (SSSR count). The Hall–Kier alpha value is -1.06. The third kappa shape index (κ3) is 3.47. The van der Waals surface area contributed by atoms with Crippen molar-refractivity contribution in [1.29, 1.82) is 0 Å². The lowest BCUT2D eigenvalue weighted by molar-refractivity contribution is 1.33. The molecule has 0 unspecified atom stereocenters. The molecule has 0 bridgehead atoms. The number of hydrogen-bond donors (Lipinski definition) is 1. The molecule has 0 saturated carbocycles. The summed E-state index contributed by atoms with van der Waals surface area (Å²) in [5.74, 6) is 0. The maximum absolute atomic E-state index is 4.10. The lowest BCUT2D eigenvalue weighted by Gasteiger charge is -2.11. The van der Waals surface area contributed by atoms with Crippen LogP contribution in [0.3, 0.4) is 0 Å². The van der Waals surface area contributed by atoms with Crippen LogP contribution in [0.5, 0.6) is 0 Å². The fourth-order valence-electron chi connectivity index (χ4n) is 1.61. The van der Waals surface area contributed by atoms with Crippen molar-refractivity contribution in [2.24, 2.45) is 0 Å². The fourth-order valence-corrected chi connectivity index (χ4v) is 2.80. The van der Waals surface area contributed by atoms with E-state index in [4.69, 9.17) is 0 Å². The zero-order chi connectivity index (χ0) is 13.0. The van der Waals surface area contributed by atoms with Gasteiger partial charge in [0.15, 0.2) is 0 Å². The first-order chi connectivity index (χ1) is 8.66. The summed E-state index contributed by atoms with van der Waals surface area (Å²) in [5.41, 5.74) is 3.30. The molecule has 0 atom stereocenters. The van der Waals surface area contributed by atoms with Gasteiger partial charge in [-0.3, -0.25) is 0 Å². The van der Waals surface area contributed by atoms with Crippen LogP contribution >= 0.6 is 31.9 Å². The molecule has 0 amide bonds. The van der Waals surface area contributed by atoms with Crippen LogP contribution in [0.1, 0.15) is 5.56 Å². The standard InChI is InChI=1S/C15H13Br2N/c1-11(12-5-3-2-4-6-12)10-18-15-8-7-13(16)9-14(15)17/h2-9,18H,1,10H2. The molecule has 2 aromatic rings. The van der Waals surface area contributed by atoms with Crippen LogP contribution in [-0.2, 0) is 0 Å². The molecule has 92 valence electrons. The molecule has 3 heteroatoms. The third-order valence-corrected chi connectivity index (χ3v) is 3.75. The summed E-state index contributed by atoms with van der Waals surface area (Å²) in [7, 11) is 0. The number of nitrogens with one attached hydrogen (secondary N) is 1. The summed E-state index contributed by atoms with van der Waals surface area (Å²) in [4.78, 5) is 0. The first-order valence-electron chi connectivity index (χ1n) is 5.59. The molecule has 0 fully saturated rings. The second-order valence-electron chi connectivity index (χ2n) is 3.95. The molecule has 0 aromatic heterocycles. The minimum absolute atomic E-state index is 0.726. The highest BCUT2D eigenvalue weighted by atomic mass is 79.9. The number of hydrogen-bond acceptors (Lipinski definition) is 1. The summed E-state index contributed by atoms with van der Waals surface area (Å²) in [6.45, 7) is 4.83. The van der Waals surface area contributed by atoms with Gasteiger partial charge in [0.05, 0.1) is 0 Å². The Morgan fingerprint density at radius 1 is 1.06 bits per heavy atom. The average molecular weight is 367 g/mol. The first-order valence-corrected chi connectivity index (χ1v) is 7.17. The zero-order valence-corrected chi connectivity index (χ0v) is 13.0. The molecule has 18 heavy (non-hydrogen) atoms. The summed E-state index contributed by atoms with van der Waals surface area (Å²) in [6.07, 6.45) is 0. The minimum Gasteiger partial charge on any atom is -0.380 e. The molecule has 1 N–H and O–H groups in total. The highest BCUT2D eigenvalue weighted by molar-refractivity contribution is 9.11. The molecule has 0 aliphatic rings. The SMILES string of the molecule is C=C(CNc1ccc(Br)cc1Br)c1ccccc1. The Morgan fingerprint density at radius 3 is 2.44 bits per heavy atom. The second-order valence-corrected chi connectivity index (χ2v) is 5.72. The van der Waals surface area contributed by atoms with Crippen molar-refractivity contribution in [2.75, 3.05) is 11.9 Å². The zero-order valence-electron chi connectivity index (χ0n) is 9.79. The molecule has 0 aliphatic heterocycles. The molecule has 0 spiro atoms. The normalized spacial score (nSPS) is 10.1. The molecule has 0 aliphatic carbocycles. The van der Waals surface area contributed by atoms with E-state index in [9.17, 15) is 0 Å². The highest BCUT2D eigenvalue weighted by Crippen LogP contribution is 2.26. The van der Waals surface area contributed by atoms with E-state index in [2.05, 4.69) is 55.9 Å². The van der Waals surface area contributed by atoms with Crippen LogP contribution in [0, 0.1) is 0 Å². The Morgan fingerprint density at radius 2 is 1.78 bits per heavy atom. The van der Waals surface area contributed by atoms with Gasteiger partial charge >= 0.3 is 0 Å². The lowest BCUT2D eigenvalue weighted by Crippen LogP contribution is -2.03. The largest absolute Gasteiger partial charge is 0.380 e. The minimum atomic E-state index is 0.726. The molecule has 0 saturated heterocycles. The van der Waals surface area contributed by atoms with Crippen LogP contribution in [0.25, 0.3) is 5.57 Å². The van der Waals surface area contributed by atoms with Gasteiger partial charge in [-0.1, -0.05) is 52.8 Å². The Balaban J connectivity index is 2.02. The van der Waals surface area contributed by atoms with Gasteiger partial charge in [-0.15, -0.1) is 0 Å². The number of halogens is 2. The van der Waals surface area contributed by atoms with E-state index in [0.29, 0.717) is 0 Å². The second kappa shape index (κ2) is 6.21. The van der Waals surface area contributed by atoms with Gasteiger partial charge in [-0.2, -0.15) is 0 Å². The molecule has 1 nitrogen and oxygen atoms in total. The van der Waals surface area contributed by atoms with E-state index >= 15 is 0 Å². The summed E-state index contributed by atoms with van der Waals surface area (Å²) in [5, 5.41) is 3.37. The van der Waals surface area contributed by atoms with E-state index in [0.717, 1.165) is 26.8 Å². The van der Waals surface area contributed by atoms with Gasteiger partial charge in [-0.25, -0.2) is 0 Å². The van der Waals surface area contributed by atoms with Crippen LogP contribution in [0.2, 0.25) is 0 Å². The molecule has 2 aromatic carbocycles. The lowest BCUT2D eigenvalue weighted by atomic mass is 10.1. The maximum Gasteiger partial charge on any atom is 0.0488 e. The van der Waals surface area contributed by atoms with E-state index in [1.54, 1.807) is 0 Å². The van der Waals surface area contributed by atoms with Gasteiger partial charge in [0.2, 0.25) is 0 Å². The van der Waals surface area contributed by atoms with Crippen molar-refractivity contribution in [2.45, 2.75) is 0 Å². The molecular weight excluding hydrogens is 354 g/mol. The third-order valence-electron chi connectivity index (χ3n) is 2.61. The van der Waals surface area contributed by atoms with Crippen molar-refractivity contribution < 1.29 is 0 Å². The quantitative estimate of drug-likeness (QED) is 0.770. The smallest absolute Gasteiger partial charge is 0.0488 e. The van der Waals surface area contributed by atoms with Gasteiger partial charge in [-0.05, 0) is 45.3 Å². The van der Waals surface area contributed by atoms with Crippen molar-refractivity contribution in [3.05, 3.63) is 69.6 Å². The predicted octanol–water partition coefficient (Wildman–Crippen LogP) is 5.34. The Labute approximate surface area is 124 Å². The molecule has 0 heterocycles. The van der Waals surface area contributed by atoms with E-state index < -0.39 is 0 Å². The van der Waals surface area contributed by atoms with Crippen LogP contribution < -0.4 is 5.32 Å². The van der Waals surface area contributed by atoms with Crippen molar-refractivity contribution in [3.63, 3.8) is 0 Å². The van der Waals surface area contributed by atoms with Gasteiger partial charge in [0, 0.05) is 21.2 Å². The number of benzene rings is 2. The first kappa shape index (κ1) is 13.4. The van der Waals surface area contributed by atoms with E-state index in [1.807, 2.05) is 36.4 Å². The van der Waals surface area contributed by atoms with Crippen molar-refractivity contribution in [3.8, 4) is 0 Å². The van der Waals surface area contributed by atoms with Gasteiger partial charge in [0.25, 0.3) is 0 Å². The van der Waals surface area contributed by atoms with Crippen LogP contribution in [0.15, 0.2) is 64.1 Å².